The number of benzene rings is 1. The van der Waals surface area contributed by atoms with Crippen molar-refractivity contribution in [1.82, 2.24) is 10.3 Å². The van der Waals surface area contributed by atoms with Gasteiger partial charge in [0.2, 0.25) is 0 Å². The molecule has 0 aliphatic heterocycles. The van der Waals surface area contributed by atoms with Crippen molar-refractivity contribution < 1.29 is 9.13 Å². The van der Waals surface area contributed by atoms with Crippen molar-refractivity contribution in [3.63, 3.8) is 0 Å². The van der Waals surface area contributed by atoms with Crippen LogP contribution in [0.5, 0.6) is 11.5 Å². The molecule has 0 saturated heterocycles. The Hall–Kier alpha value is -1.94. The van der Waals surface area contributed by atoms with Gasteiger partial charge in [-0.25, -0.2) is 4.39 Å². The number of halogens is 1. The van der Waals surface area contributed by atoms with E-state index >= 15 is 0 Å². The maximum Gasteiger partial charge on any atom is 0.135 e. The summed E-state index contributed by atoms with van der Waals surface area (Å²) >= 11 is 0. The van der Waals surface area contributed by atoms with E-state index in [1.165, 1.54) is 12.1 Å². The number of nitrogens with one attached hydrogen (secondary N) is 1. The second kappa shape index (κ2) is 7.18. The summed E-state index contributed by atoms with van der Waals surface area (Å²) in [5, 5.41) is 3.38. The van der Waals surface area contributed by atoms with E-state index in [0.29, 0.717) is 18.2 Å². The first-order chi connectivity index (χ1) is 10.0. The average molecular weight is 288 g/mol. The zero-order chi connectivity index (χ0) is 15.2. The monoisotopic (exact) mass is 288 g/mol. The lowest BCUT2D eigenvalue weighted by Gasteiger charge is -2.13. The highest BCUT2D eigenvalue weighted by molar-refractivity contribution is 5.37. The van der Waals surface area contributed by atoms with Crippen LogP contribution in [-0.4, -0.2) is 11.5 Å². The van der Waals surface area contributed by atoms with E-state index in [2.05, 4.69) is 24.1 Å². The summed E-state index contributed by atoms with van der Waals surface area (Å²) in [5.41, 5.74) is 1.88. The molecule has 3 nitrogen and oxygen atoms in total. The van der Waals surface area contributed by atoms with Gasteiger partial charge in [0.05, 0.1) is 0 Å². The first kappa shape index (κ1) is 15.4. The number of nitrogens with zero attached hydrogens (tertiary/aromatic N) is 1. The summed E-state index contributed by atoms with van der Waals surface area (Å²) in [7, 11) is 0. The van der Waals surface area contributed by atoms with Gasteiger partial charge < -0.3 is 10.1 Å². The zero-order valence-electron chi connectivity index (χ0n) is 12.7. The van der Waals surface area contributed by atoms with Crippen LogP contribution in [0.1, 0.15) is 25.1 Å². The van der Waals surface area contributed by atoms with Crippen LogP contribution in [0.4, 0.5) is 4.39 Å². The van der Waals surface area contributed by atoms with Crippen molar-refractivity contribution in [3.8, 4) is 11.5 Å². The third-order valence-electron chi connectivity index (χ3n) is 2.99. The Morgan fingerprint density at radius 2 is 1.95 bits per heavy atom. The molecule has 1 N–H and O–H groups in total. The lowest BCUT2D eigenvalue weighted by atomic mass is 10.2. The summed E-state index contributed by atoms with van der Waals surface area (Å²) in [4.78, 5) is 4.31. The van der Waals surface area contributed by atoms with Gasteiger partial charge >= 0.3 is 0 Å². The third-order valence-corrected chi connectivity index (χ3v) is 2.99. The van der Waals surface area contributed by atoms with Crippen LogP contribution in [0.15, 0.2) is 36.5 Å². The van der Waals surface area contributed by atoms with E-state index in [1.54, 1.807) is 12.1 Å². The number of rotatable bonds is 6. The normalized spacial score (nSPS) is 10.9. The van der Waals surface area contributed by atoms with E-state index < -0.39 is 0 Å². The molecule has 0 saturated carbocycles. The number of hydrogen-bond donors (Lipinski definition) is 1. The second-order valence-corrected chi connectivity index (χ2v) is 5.51. The Bertz CT molecular complexity index is 582. The second-order valence-electron chi connectivity index (χ2n) is 5.51. The summed E-state index contributed by atoms with van der Waals surface area (Å²) < 4.78 is 18.8. The van der Waals surface area contributed by atoms with Crippen molar-refractivity contribution in [1.29, 1.82) is 0 Å². The van der Waals surface area contributed by atoms with Crippen molar-refractivity contribution in [2.45, 2.75) is 27.3 Å². The van der Waals surface area contributed by atoms with E-state index in [-0.39, 0.29) is 5.82 Å². The highest BCUT2D eigenvalue weighted by Gasteiger charge is 2.07. The summed E-state index contributed by atoms with van der Waals surface area (Å²) in [5.74, 6) is 1.69. The predicted octanol–water partition coefficient (Wildman–Crippen LogP) is 4.07. The number of aryl methyl sites for hydroxylation is 1. The minimum Gasteiger partial charge on any atom is -0.457 e. The summed E-state index contributed by atoms with van der Waals surface area (Å²) in [6.45, 7) is 7.88. The van der Waals surface area contributed by atoms with Gasteiger partial charge in [-0.1, -0.05) is 13.8 Å². The molecule has 0 bridgehead atoms. The van der Waals surface area contributed by atoms with Crippen molar-refractivity contribution in [3.05, 3.63) is 53.6 Å². The molecule has 0 atom stereocenters. The maximum atomic E-state index is 12.9. The first-order valence-corrected chi connectivity index (χ1v) is 7.14. The van der Waals surface area contributed by atoms with Gasteiger partial charge in [-0.3, -0.25) is 4.98 Å². The molecule has 0 aliphatic carbocycles. The van der Waals surface area contributed by atoms with Gasteiger partial charge in [0.15, 0.2) is 0 Å². The average Bonchev–Trinajstić information content (AvgIpc) is 2.43. The molecule has 4 heteroatoms. The Kier molecular flexibility index (Phi) is 5.28. The molecule has 1 heterocycles. The Labute approximate surface area is 125 Å². The van der Waals surface area contributed by atoms with Gasteiger partial charge in [0.25, 0.3) is 0 Å². The number of ether oxygens (including phenoxy) is 1. The smallest absolute Gasteiger partial charge is 0.135 e. The lowest BCUT2D eigenvalue weighted by Crippen LogP contribution is -2.19. The van der Waals surface area contributed by atoms with Crippen molar-refractivity contribution >= 4 is 0 Å². The SMILES string of the molecule is Cc1cc(Oc2ccc(F)cc2)c(CNCC(C)C)cn1. The fraction of sp³-hybridized carbons (Fsp3) is 0.353. The van der Waals surface area contributed by atoms with Crippen LogP contribution in [0, 0.1) is 18.7 Å². The third kappa shape index (κ3) is 4.83. The molecule has 2 aromatic rings. The van der Waals surface area contributed by atoms with Gasteiger partial charge in [-0.2, -0.15) is 0 Å². The predicted molar refractivity (Wildman–Crippen MR) is 82.0 cm³/mol. The number of aromatic nitrogens is 1. The fourth-order valence-electron chi connectivity index (χ4n) is 1.92. The van der Waals surface area contributed by atoms with E-state index in [0.717, 1.165) is 23.6 Å². The number of hydrogen-bond acceptors (Lipinski definition) is 3. The molecule has 0 amide bonds. The summed E-state index contributed by atoms with van der Waals surface area (Å²) in [6, 6.07) is 7.92. The molecule has 0 radical (unpaired) electrons. The molecule has 0 fully saturated rings. The molecule has 2 rings (SSSR count). The quantitative estimate of drug-likeness (QED) is 0.870. The van der Waals surface area contributed by atoms with Crippen LogP contribution in [0.3, 0.4) is 0 Å². The molecular weight excluding hydrogens is 267 g/mol. The Balaban J connectivity index is 2.12. The molecule has 1 aromatic heterocycles. The van der Waals surface area contributed by atoms with Gasteiger partial charge in [0.1, 0.15) is 17.3 Å². The molecule has 0 spiro atoms. The number of pyridine rings is 1. The van der Waals surface area contributed by atoms with Crippen LogP contribution in [-0.2, 0) is 6.54 Å². The molecule has 1 aromatic carbocycles. The highest BCUT2D eigenvalue weighted by atomic mass is 19.1. The van der Waals surface area contributed by atoms with Gasteiger partial charge in [-0.15, -0.1) is 0 Å². The largest absolute Gasteiger partial charge is 0.457 e. The first-order valence-electron chi connectivity index (χ1n) is 7.14. The van der Waals surface area contributed by atoms with E-state index in [1.807, 2.05) is 19.2 Å². The molecular formula is C17H21FN2O. The topological polar surface area (TPSA) is 34.1 Å². The van der Waals surface area contributed by atoms with E-state index in [9.17, 15) is 4.39 Å². The zero-order valence-corrected chi connectivity index (χ0v) is 12.7. The Morgan fingerprint density at radius 3 is 2.62 bits per heavy atom. The molecule has 0 aliphatic rings. The molecule has 112 valence electrons. The van der Waals surface area contributed by atoms with Crippen LogP contribution < -0.4 is 10.1 Å². The lowest BCUT2D eigenvalue weighted by molar-refractivity contribution is 0.466. The molecule has 21 heavy (non-hydrogen) atoms. The van der Waals surface area contributed by atoms with Crippen LogP contribution in [0.25, 0.3) is 0 Å². The maximum absolute atomic E-state index is 12.9. The summed E-state index contributed by atoms with van der Waals surface area (Å²) in [6.07, 6.45) is 1.82. The fourth-order valence-corrected chi connectivity index (χ4v) is 1.92. The minimum absolute atomic E-state index is 0.271. The molecule has 0 unspecified atom stereocenters. The van der Waals surface area contributed by atoms with Crippen LogP contribution >= 0.6 is 0 Å². The Morgan fingerprint density at radius 1 is 1.24 bits per heavy atom. The van der Waals surface area contributed by atoms with Gasteiger partial charge in [-0.05, 0) is 43.7 Å². The van der Waals surface area contributed by atoms with Crippen LogP contribution in [0.2, 0.25) is 0 Å². The minimum atomic E-state index is -0.271. The standard InChI is InChI=1S/C17H21FN2O/c1-12(2)9-19-10-14-11-20-13(3)8-17(14)21-16-6-4-15(18)5-7-16/h4-8,11-12,19H,9-10H2,1-3H3. The van der Waals surface area contributed by atoms with Crippen molar-refractivity contribution in [2.24, 2.45) is 5.92 Å². The highest BCUT2D eigenvalue weighted by Crippen LogP contribution is 2.25. The van der Waals surface area contributed by atoms with Crippen molar-refractivity contribution in [2.75, 3.05) is 6.54 Å². The van der Waals surface area contributed by atoms with Gasteiger partial charge in [0, 0.05) is 30.1 Å². The van der Waals surface area contributed by atoms with E-state index in [4.69, 9.17) is 4.74 Å².